The van der Waals surface area contributed by atoms with Gasteiger partial charge in [0.25, 0.3) is 5.56 Å². The molecule has 0 aliphatic carbocycles. The number of rotatable bonds is 6. The first kappa shape index (κ1) is 15.4. The minimum Gasteiger partial charge on any atom is -0.370 e. The molecular formula is C10H14F3N3O3. The summed E-state index contributed by atoms with van der Waals surface area (Å²) in [5, 5.41) is 0. The average molecular weight is 281 g/mol. The fourth-order valence-electron chi connectivity index (χ4n) is 1.41. The normalized spacial score (nSPS) is 11.8. The van der Waals surface area contributed by atoms with Crippen molar-refractivity contribution < 1.29 is 17.9 Å². The Labute approximate surface area is 106 Å². The molecule has 1 aromatic heterocycles. The zero-order valence-electron chi connectivity index (χ0n) is 10.0. The van der Waals surface area contributed by atoms with Crippen molar-refractivity contribution in [1.29, 1.82) is 0 Å². The van der Waals surface area contributed by atoms with Gasteiger partial charge >= 0.3 is 11.9 Å². The van der Waals surface area contributed by atoms with E-state index in [0.29, 0.717) is 0 Å². The summed E-state index contributed by atoms with van der Waals surface area (Å²) < 4.78 is 41.9. The smallest absolute Gasteiger partial charge is 0.370 e. The molecular weight excluding hydrogens is 267 g/mol. The summed E-state index contributed by atoms with van der Waals surface area (Å²) >= 11 is 0. The second-order valence-electron chi connectivity index (χ2n) is 3.74. The van der Waals surface area contributed by atoms with Crippen molar-refractivity contribution in [3.63, 3.8) is 0 Å². The Balaban J connectivity index is 2.67. The minimum atomic E-state index is -4.40. The molecule has 0 fully saturated rings. The lowest BCUT2D eigenvalue weighted by molar-refractivity contribution is -0.174. The lowest BCUT2D eigenvalue weighted by Gasteiger charge is -2.10. The van der Waals surface area contributed by atoms with E-state index in [0.717, 1.165) is 15.2 Å². The molecule has 1 rings (SSSR count). The molecule has 0 aliphatic heterocycles. The molecule has 1 heterocycles. The molecule has 0 saturated heterocycles. The highest BCUT2D eigenvalue weighted by Crippen LogP contribution is 2.14. The average Bonchev–Trinajstić information content (AvgIpc) is 2.31. The third-order valence-corrected chi connectivity index (χ3v) is 2.23. The maximum absolute atomic E-state index is 11.8. The lowest BCUT2D eigenvalue weighted by Crippen LogP contribution is -2.41. The van der Waals surface area contributed by atoms with Gasteiger partial charge in [-0.2, -0.15) is 13.2 Å². The zero-order chi connectivity index (χ0) is 14.5. The van der Waals surface area contributed by atoms with E-state index >= 15 is 0 Å². The summed E-state index contributed by atoms with van der Waals surface area (Å²) in [4.78, 5) is 23.1. The third kappa shape index (κ3) is 4.87. The van der Waals surface area contributed by atoms with Gasteiger partial charge in [0.1, 0.15) is 6.61 Å². The number of hydrogen-bond donors (Lipinski definition) is 1. The number of ether oxygens (including phenoxy) is 1. The summed E-state index contributed by atoms with van der Waals surface area (Å²) in [5.74, 6) is 0. The van der Waals surface area contributed by atoms with Crippen LogP contribution < -0.4 is 17.0 Å². The largest absolute Gasteiger partial charge is 0.411 e. The predicted molar refractivity (Wildman–Crippen MR) is 60.9 cm³/mol. The molecule has 0 unspecified atom stereocenters. The Hall–Kier alpha value is -1.61. The van der Waals surface area contributed by atoms with Gasteiger partial charge < -0.3 is 10.5 Å². The van der Waals surface area contributed by atoms with Crippen LogP contribution in [0, 0.1) is 0 Å². The van der Waals surface area contributed by atoms with Crippen LogP contribution in [0.4, 0.5) is 13.2 Å². The van der Waals surface area contributed by atoms with Crippen LogP contribution in [-0.4, -0.2) is 35.1 Å². The van der Waals surface area contributed by atoms with Gasteiger partial charge in [-0.15, -0.1) is 0 Å². The predicted octanol–water partition coefficient (Wildman–Crippen LogP) is -0.452. The van der Waals surface area contributed by atoms with Crippen LogP contribution in [0.1, 0.15) is 0 Å². The maximum Gasteiger partial charge on any atom is 0.411 e. The summed E-state index contributed by atoms with van der Waals surface area (Å²) in [6.45, 7) is -1.55. The van der Waals surface area contributed by atoms with E-state index in [2.05, 4.69) is 4.74 Å². The Bertz CT molecular complexity index is 521. The molecule has 0 radical (unpaired) electrons. The van der Waals surface area contributed by atoms with Crippen molar-refractivity contribution in [1.82, 2.24) is 9.13 Å². The van der Waals surface area contributed by atoms with E-state index in [1.54, 1.807) is 0 Å². The second kappa shape index (κ2) is 6.53. The van der Waals surface area contributed by atoms with Crippen molar-refractivity contribution in [3.8, 4) is 0 Å². The second-order valence-corrected chi connectivity index (χ2v) is 3.74. The molecule has 2 N–H and O–H groups in total. The van der Waals surface area contributed by atoms with E-state index in [1.165, 1.54) is 6.20 Å². The number of aromatic nitrogens is 2. The van der Waals surface area contributed by atoms with Gasteiger partial charge in [0.05, 0.1) is 13.2 Å². The van der Waals surface area contributed by atoms with E-state index < -0.39 is 24.0 Å². The Morgan fingerprint density at radius 2 is 1.95 bits per heavy atom. The molecule has 19 heavy (non-hydrogen) atoms. The van der Waals surface area contributed by atoms with Gasteiger partial charge in [-0.1, -0.05) is 0 Å². The SMILES string of the molecule is NCCn1c(=O)ccn(CCOCC(F)(F)F)c1=O. The van der Waals surface area contributed by atoms with Gasteiger partial charge in [-0.3, -0.25) is 13.9 Å². The van der Waals surface area contributed by atoms with Crippen molar-refractivity contribution >= 4 is 0 Å². The third-order valence-electron chi connectivity index (χ3n) is 2.23. The van der Waals surface area contributed by atoms with Crippen LogP contribution in [-0.2, 0) is 17.8 Å². The number of nitrogens with two attached hydrogens (primary N) is 1. The number of alkyl halides is 3. The molecule has 0 amide bonds. The van der Waals surface area contributed by atoms with Crippen molar-refractivity contribution in [3.05, 3.63) is 33.1 Å². The Morgan fingerprint density at radius 1 is 1.26 bits per heavy atom. The van der Waals surface area contributed by atoms with Crippen molar-refractivity contribution in [2.45, 2.75) is 19.3 Å². The number of halogens is 3. The molecule has 108 valence electrons. The van der Waals surface area contributed by atoms with Gasteiger partial charge in [-0.25, -0.2) is 4.79 Å². The summed E-state index contributed by atoms with van der Waals surface area (Å²) in [6.07, 6.45) is -3.18. The van der Waals surface area contributed by atoms with Crippen molar-refractivity contribution in [2.24, 2.45) is 5.73 Å². The molecule has 0 saturated carbocycles. The van der Waals surface area contributed by atoms with Gasteiger partial charge in [0.15, 0.2) is 0 Å². The van der Waals surface area contributed by atoms with Crippen LogP contribution in [0.25, 0.3) is 0 Å². The first-order valence-electron chi connectivity index (χ1n) is 5.50. The topological polar surface area (TPSA) is 79.2 Å². The molecule has 0 aromatic carbocycles. The Kier molecular flexibility index (Phi) is 5.31. The lowest BCUT2D eigenvalue weighted by atomic mass is 10.5. The van der Waals surface area contributed by atoms with Gasteiger partial charge in [0.2, 0.25) is 0 Å². The fourth-order valence-corrected chi connectivity index (χ4v) is 1.41. The van der Waals surface area contributed by atoms with E-state index in [9.17, 15) is 22.8 Å². The maximum atomic E-state index is 11.8. The highest BCUT2D eigenvalue weighted by Gasteiger charge is 2.27. The molecule has 6 nitrogen and oxygen atoms in total. The molecule has 0 atom stereocenters. The zero-order valence-corrected chi connectivity index (χ0v) is 10.0. The Morgan fingerprint density at radius 3 is 2.53 bits per heavy atom. The van der Waals surface area contributed by atoms with Crippen molar-refractivity contribution in [2.75, 3.05) is 19.8 Å². The van der Waals surface area contributed by atoms with Crippen LogP contribution in [0.3, 0.4) is 0 Å². The molecule has 0 aliphatic rings. The molecule has 1 aromatic rings. The van der Waals surface area contributed by atoms with Crippen LogP contribution in [0.15, 0.2) is 21.9 Å². The van der Waals surface area contributed by atoms with Gasteiger partial charge in [0, 0.05) is 25.4 Å². The van der Waals surface area contributed by atoms with E-state index in [1.807, 2.05) is 0 Å². The fraction of sp³-hybridized carbons (Fsp3) is 0.600. The first-order chi connectivity index (χ1) is 8.85. The standard InChI is InChI=1S/C10H14F3N3O3/c11-10(12,13)7-19-6-5-15-3-1-8(17)16(4-2-14)9(15)18/h1,3H,2,4-7,14H2. The monoisotopic (exact) mass is 281 g/mol. The van der Waals surface area contributed by atoms with Crippen LogP contribution in [0.2, 0.25) is 0 Å². The molecule has 0 spiro atoms. The highest BCUT2D eigenvalue weighted by molar-refractivity contribution is 4.86. The molecule has 9 heteroatoms. The van der Waals surface area contributed by atoms with E-state index in [4.69, 9.17) is 5.73 Å². The highest BCUT2D eigenvalue weighted by atomic mass is 19.4. The first-order valence-corrected chi connectivity index (χ1v) is 5.50. The summed E-state index contributed by atoms with van der Waals surface area (Å²) in [6, 6.07) is 1.15. The number of hydrogen-bond acceptors (Lipinski definition) is 4. The van der Waals surface area contributed by atoms with Gasteiger partial charge in [-0.05, 0) is 0 Å². The van der Waals surface area contributed by atoms with E-state index in [-0.39, 0.29) is 26.2 Å². The number of nitrogens with zero attached hydrogens (tertiary/aromatic N) is 2. The van der Waals surface area contributed by atoms with Crippen LogP contribution in [0.5, 0.6) is 0 Å². The summed E-state index contributed by atoms with van der Waals surface area (Å²) in [5.41, 5.74) is 4.15. The quantitative estimate of drug-likeness (QED) is 0.716. The molecule has 0 bridgehead atoms. The van der Waals surface area contributed by atoms with Crippen LogP contribution >= 0.6 is 0 Å². The minimum absolute atomic E-state index is 0.0575. The summed E-state index contributed by atoms with van der Waals surface area (Å²) in [7, 11) is 0.